The lowest BCUT2D eigenvalue weighted by atomic mass is 9.89. The fraction of sp³-hybridized carbons (Fsp3) is 0.562. The van der Waals surface area contributed by atoms with Crippen LogP contribution in [0.25, 0.3) is 0 Å². The van der Waals surface area contributed by atoms with E-state index in [4.69, 9.17) is 15.2 Å². The van der Waals surface area contributed by atoms with E-state index >= 15 is 0 Å². The van der Waals surface area contributed by atoms with Gasteiger partial charge in [-0.25, -0.2) is 0 Å². The van der Waals surface area contributed by atoms with Crippen LogP contribution >= 0.6 is 0 Å². The molecule has 2 heterocycles. The summed E-state index contributed by atoms with van der Waals surface area (Å²) in [6, 6.07) is 7.29. The van der Waals surface area contributed by atoms with E-state index in [1.165, 1.54) is 0 Å². The average Bonchev–Trinajstić information content (AvgIpc) is 2.89. The maximum Gasteiger partial charge on any atom is 0.248 e. The predicted molar refractivity (Wildman–Crippen MR) is 78.9 cm³/mol. The highest BCUT2D eigenvalue weighted by atomic mass is 16.6. The molecule has 5 heteroatoms. The number of primary amides is 1. The van der Waals surface area contributed by atoms with Gasteiger partial charge in [-0.1, -0.05) is 12.1 Å². The van der Waals surface area contributed by atoms with Crippen LogP contribution in [0.1, 0.15) is 35.2 Å². The molecule has 2 aliphatic heterocycles. The smallest absolute Gasteiger partial charge is 0.248 e. The van der Waals surface area contributed by atoms with E-state index in [0.29, 0.717) is 18.8 Å². The molecule has 1 spiro atoms. The van der Waals surface area contributed by atoms with Crippen molar-refractivity contribution in [3.05, 3.63) is 35.4 Å². The van der Waals surface area contributed by atoms with Crippen LogP contribution in [0.5, 0.6) is 0 Å². The Morgan fingerprint density at radius 2 is 2.24 bits per heavy atom. The lowest BCUT2D eigenvalue weighted by molar-refractivity contribution is -0.0240. The summed E-state index contributed by atoms with van der Waals surface area (Å²) in [4.78, 5) is 11.2. The fourth-order valence-corrected chi connectivity index (χ4v) is 3.17. The van der Waals surface area contributed by atoms with Crippen molar-refractivity contribution in [1.82, 2.24) is 5.32 Å². The molecule has 0 aromatic heterocycles. The first kappa shape index (κ1) is 14.5. The van der Waals surface area contributed by atoms with Crippen LogP contribution in [-0.4, -0.2) is 37.3 Å². The van der Waals surface area contributed by atoms with Crippen molar-refractivity contribution in [2.75, 3.05) is 19.7 Å². The molecule has 3 N–H and O–H groups in total. The molecule has 3 rings (SSSR count). The number of rotatable bonds is 4. The number of ether oxygens (including phenoxy) is 2. The minimum Gasteiger partial charge on any atom is -0.372 e. The molecule has 1 amide bonds. The SMILES string of the molecule is NC(=O)c1cccc(COC2COC3(CCNCC3)C2)c1. The second-order valence-corrected chi connectivity index (χ2v) is 5.95. The number of carbonyl (C=O) groups is 1. The molecule has 5 nitrogen and oxygen atoms in total. The first-order chi connectivity index (χ1) is 10.2. The Labute approximate surface area is 124 Å². The van der Waals surface area contributed by atoms with E-state index in [-0.39, 0.29) is 11.7 Å². The van der Waals surface area contributed by atoms with E-state index < -0.39 is 5.91 Å². The average molecular weight is 290 g/mol. The van der Waals surface area contributed by atoms with Gasteiger partial charge in [-0.2, -0.15) is 0 Å². The Hall–Kier alpha value is -1.43. The van der Waals surface area contributed by atoms with Gasteiger partial charge in [-0.15, -0.1) is 0 Å². The second-order valence-electron chi connectivity index (χ2n) is 5.95. The number of nitrogens with one attached hydrogen (secondary N) is 1. The number of hydrogen-bond donors (Lipinski definition) is 2. The van der Waals surface area contributed by atoms with Gasteiger partial charge >= 0.3 is 0 Å². The highest BCUT2D eigenvalue weighted by Crippen LogP contribution is 2.35. The van der Waals surface area contributed by atoms with E-state index in [1.54, 1.807) is 12.1 Å². The first-order valence-corrected chi connectivity index (χ1v) is 7.52. The third kappa shape index (κ3) is 3.43. The van der Waals surface area contributed by atoms with Crippen LogP contribution < -0.4 is 11.1 Å². The highest BCUT2D eigenvalue weighted by molar-refractivity contribution is 5.92. The zero-order chi connectivity index (χ0) is 14.7. The topological polar surface area (TPSA) is 73.6 Å². The van der Waals surface area contributed by atoms with Gasteiger partial charge in [0.1, 0.15) is 0 Å². The van der Waals surface area contributed by atoms with Crippen LogP contribution in [0.2, 0.25) is 0 Å². The van der Waals surface area contributed by atoms with Crippen molar-refractivity contribution in [2.24, 2.45) is 5.73 Å². The molecule has 0 radical (unpaired) electrons. The molecular formula is C16H22N2O3. The summed E-state index contributed by atoms with van der Waals surface area (Å²) in [7, 11) is 0. The maximum atomic E-state index is 11.2. The highest BCUT2D eigenvalue weighted by Gasteiger charge is 2.41. The molecular weight excluding hydrogens is 268 g/mol. The molecule has 0 bridgehead atoms. The van der Waals surface area contributed by atoms with E-state index in [9.17, 15) is 4.79 Å². The van der Waals surface area contributed by atoms with Gasteiger partial charge in [0.25, 0.3) is 0 Å². The van der Waals surface area contributed by atoms with Crippen molar-refractivity contribution >= 4 is 5.91 Å². The lowest BCUT2D eigenvalue weighted by Crippen LogP contribution is -2.41. The van der Waals surface area contributed by atoms with Crippen LogP contribution in [0.3, 0.4) is 0 Å². The fourth-order valence-electron chi connectivity index (χ4n) is 3.17. The van der Waals surface area contributed by atoms with Gasteiger partial charge in [0, 0.05) is 12.0 Å². The number of hydrogen-bond acceptors (Lipinski definition) is 4. The molecule has 1 aromatic rings. The summed E-state index contributed by atoms with van der Waals surface area (Å²) >= 11 is 0. The van der Waals surface area contributed by atoms with Crippen LogP contribution in [0, 0.1) is 0 Å². The van der Waals surface area contributed by atoms with Crippen molar-refractivity contribution < 1.29 is 14.3 Å². The normalized spacial score (nSPS) is 24.3. The number of amides is 1. The molecule has 114 valence electrons. The molecule has 1 atom stereocenters. The van der Waals surface area contributed by atoms with Gasteiger partial charge in [-0.05, 0) is 43.6 Å². The summed E-state index contributed by atoms with van der Waals surface area (Å²) in [5.41, 5.74) is 6.80. The molecule has 0 saturated carbocycles. The van der Waals surface area contributed by atoms with E-state index in [0.717, 1.165) is 37.9 Å². The largest absolute Gasteiger partial charge is 0.372 e. The lowest BCUT2D eigenvalue weighted by Gasteiger charge is -2.32. The quantitative estimate of drug-likeness (QED) is 0.874. The Balaban J connectivity index is 1.54. The van der Waals surface area contributed by atoms with Crippen molar-refractivity contribution in [2.45, 2.75) is 37.6 Å². The van der Waals surface area contributed by atoms with E-state index in [2.05, 4.69) is 5.32 Å². The molecule has 21 heavy (non-hydrogen) atoms. The second kappa shape index (κ2) is 6.13. The summed E-state index contributed by atoms with van der Waals surface area (Å²) in [6.45, 7) is 3.19. The Bertz CT molecular complexity index is 512. The van der Waals surface area contributed by atoms with Crippen LogP contribution in [0.15, 0.2) is 24.3 Å². The molecule has 1 unspecified atom stereocenters. The minimum absolute atomic E-state index is 0.0188. The summed E-state index contributed by atoms with van der Waals surface area (Å²) in [5, 5.41) is 3.36. The Morgan fingerprint density at radius 3 is 3.00 bits per heavy atom. The Kier molecular flexibility index (Phi) is 4.24. The molecule has 0 aliphatic carbocycles. The summed E-state index contributed by atoms with van der Waals surface area (Å²) in [5.74, 6) is -0.408. The summed E-state index contributed by atoms with van der Waals surface area (Å²) < 4.78 is 12.0. The van der Waals surface area contributed by atoms with E-state index in [1.807, 2.05) is 12.1 Å². The molecule has 2 aliphatic rings. The number of carbonyl (C=O) groups excluding carboxylic acids is 1. The van der Waals surface area contributed by atoms with Gasteiger partial charge < -0.3 is 20.5 Å². The first-order valence-electron chi connectivity index (χ1n) is 7.52. The zero-order valence-electron chi connectivity index (χ0n) is 12.1. The standard InChI is InChI=1S/C16H22N2O3/c17-15(19)13-3-1-2-12(8-13)10-20-14-9-16(21-11-14)4-6-18-7-5-16/h1-3,8,14,18H,4-7,9-11H2,(H2,17,19). The zero-order valence-corrected chi connectivity index (χ0v) is 12.1. The maximum absolute atomic E-state index is 11.2. The van der Waals surface area contributed by atoms with Gasteiger partial charge in [0.05, 0.1) is 24.9 Å². The monoisotopic (exact) mass is 290 g/mol. The predicted octanol–water partition coefficient (Wildman–Crippen LogP) is 1.21. The molecule has 1 aromatic carbocycles. The van der Waals surface area contributed by atoms with Crippen LogP contribution in [0.4, 0.5) is 0 Å². The third-order valence-corrected chi connectivity index (χ3v) is 4.39. The van der Waals surface area contributed by atoms with Crippen molar-refractivity contribution in [3.8, 4) is 0 Å². The molecule has 2 fully saturated rings. The van der Waals surface area contributed by atoms with Crippen molar-refractivity contribution in [1.29, 1.82) is 0 Å². The molecule has 2 saturated heterocycles. The van der Waals surface area contributed by atoms with Crippen LogP contribution in [-0.2, 0) is 16.1 Å². The van der Waals surface area contributed by atoms with Gasteiger partial charge in [0.2, 0.25) is 5.91 Å². The van der Waals surface area contributed by atoms with Crippen molar-refractivity contribution in [3.63, 3.8) is 0 Å². The summed E-state index contributed by atoms with van der Waals surface area (Å²) in [6.07, 6.45) is 3.22. The third-order valence-electron chi connectivity index (χ3n) is 4.39. The minimum atomic E-state index is -0.408. The van der Waals surface area contributed by atoms with Gasteiger partial charge in [0.15, 0.2) is 0 Å². The number of piperidine rings is 1. The number of benzene rings is 1. The van der Waals surface area contributed by atoms with Gasteiger partial charge in [-0.3, -0.25) is 4.79 Å². The number of nitrogens with two attached hydrogens (primary N) is 1. The Morgan fingerprint density at radius 1 is 1.43 bits per heavy atom.